The number of benzene rings is 1. The minimum absolute atomic E-state index is 0.275. The Kier molecular flexibility index (Phi) is 3.77. The number of hydrogen-bond donors (Lipinski definition) is 1. The number of aromatic nitrogens is 2. The van der Waals surface area contributed by atoms with Crippen LogP contribution in [0.5, 0.6) is 17.4 Å². The van der Waals surface area contributed by atoms with Gasteiger partial charge in [0.2, 0.25) is 12.7 Å². The van der Waals surface area contributed by atoms with Crippen molar-refractivity contribution >= 4 is 5.82 Å². The molecule has 1 aliphatic heterocycles. The lowest BCUT2D eigenvalue weighted by Crippen LogP contribution is -2.05. The number of nitrogens with zero attached hydrogens (tertiary/aromatic N) is 2. The largest absolute Gasteiger partial charge is 0.472 e. The number of fused-ring (bicyclic) bond motifs is 1. The maximum Gasteiger partial charge on any atom is 0.231 e. The van der Waals surface area contributed by atoms with E-state index in [4.69, 9.17) is 14.2 Å². The summed E-state index contributed by atoms with van der Waals surface area (Å²) in [6, 6.07) is 5.76. The summed E-state index contributed by atoms with van der Waals surface area (Å²) in [7, 11) is 0. The summed E-state index contributed by atoms with van der Waals surface area (Å²) in [6.45, 7) is 5.46. The predicted molar refractivity (Wildman–Crippen MR) is 77.8 cm³/mol. The van der Waals surface area contributed by atoms with Crippen LogP contribution in [0.4, 0.5) is 5.82 Å². The Bertz CT molecular complexity index is 646. The fourth-order valence-corrected chi connectivity index (χ4v) is 2.11. The standard InChI is InChI=1S/C15H17N3O3/c1-3-16-14-10(2)15(18-8-17-14)19-7-11-4-5-12-13(6-11)21-9-20-12/h4-6,8H,3,7,9H2,1-2H3,(H,16,17,18). The molecule has 0 aliphatic carbocycles. The summed E-state index contributed by atoms with van der Waals surface area (Å²) in [5, 5.41) is 3.18. The molecule has 0 radical (unpaired) electrons. The Morgan fingerprint density at radius 3 is 2.95 bits per heavy atom. The first-order valence-corrected chi connectivity index (χ1v) is 6.84. The molecule has 110 valence electrons. The minimum atomic E-state index is 0.275. The van der Waals surface area contributed by atoms with E-state index < -0.39 is 0 Å². The highest BCUT2D eigenvalue weighted by Gasteiger charge is 2.14. The van der Waals surface area contributed by atoms with Crippen LogP contribution in [0.1, 0.15) is 18.1 Å². The number of rotatable bonds is 5. The summed E-state index contributed by atoms with van der Waals surface area (Å²) in [4.78, 5) is 8.37. The molecule has 0 amide bonds. The summed E-state index contributed by atoms with van der Waals surface area (Å²) in [6.07, 6.45) is 1.50. The van der Waals surface area contributed by atoms with Crippen LogP contribution >= 0.6 is 0 Å². The predicted octanol–water partition coefficient (Wildman–Crippen LogP) is 2.52. The van der Waals surface area contributed by atoms with Crippen molar-refractivity contribution < 1.29 is 14.2 Å². The number of anilines is 1. The maximum absolute atomic E-state index is 5.78. The lowest BCUT2D eigenvalue weighted by Gasteiger charge is -2.11. The van der Waals surface area contributed by atoms with Crippen LogP contribution in [-0.4, -0.2) is 23.3 Å². The van der Waals surface area contributed by atoms with Gasteiger partial charge in [-0.25, -0.2) is 9.97 Å². The van der Waals surface area contributed by atoms with Gasteiger partial charge in [0, 0.05) is 6.54 Å². The van der Waals surface area contributed by atoms with Gasteiger partial charge in [-0.15, -0.1) is 0 Å². The average Bonchev–Trinajstić information content (AvgIpc) is 2.96. The third-order valence-electron chi connectivity index (χ3n) is 3.19. The molecule has 1 aromatic heterocycles. The highest BCUT2D eigenvalue weighted by Crippen LogP contribution is 2.32. The Hall–Kier alpha value is -2.50. The van der Waals surface area contributed by atoms with E-state index >= 15 is 0 Å². The zero-order chi connectivity index (χ0) is 14.7. The monoisotopic (exact) mass is 287 g/mol. The van der Waals surface area contributed by atoms with Gasteiger partial charge in [-0.3, -0.25) is 0 Å². The number of hydrogen-bond acceptors (Lipinski definition) is 6. The van der Waals surface area contributed by atoms with Gasteiger partial charge in [0.15, 0.2) is 11.5 Å². The normalized spacial score (nSPS) is 12.3. The topological polar surface area (TPSA) is 65.5 Å². The van der Waals surface area contributed by atoms with Crippen molar-refractivity contribution in [3.05, 3.63) is 35.7 Å². The molecule has 2 heterocycles. The molecule has 0 unspecified atom stereocenters. The maximum atomic E-state index is 5.78. The van der Waals surface area contributed by atoms with E-state index in [2.05, 4.69) is 15.3 Å². The minimum Gasteiger partial charge on any atom is -0.472 e. The first kappa shape index (κ1) is 13.5. The second-order valence-corrected chi connectivity index (χ2v) is 4.66. The van der Waals surface area contributed by atoms with Gasteiger partial charge in [-0.1, -0.05) is 6.07 Å². The van der Waals surface area contributed by atoms with Crippen molar-refractivity contribution in [2.24, 2.45) is 0 Å². The molecule has 0 saturated heterocycles. The van der Waals surface area contributed by atoms with E-state index in [0.29, 0.717) is 12.5 Å². The van der Waals surface area contributed by atoms with E-state index in [0.717, 1.165) is 35.0 Å². The van der Waals surface area contributed by atoms with Gasteiger partial charge in [-0.05, 0) is 31.5 Å². The highest BCUT2D eigenvalue weighted by molar-refractivity contribution is 5.48. The zero-order valence-corrected chi connectivity index (χ0v) is 12.0. The van der Waals surface area contributed by atoms with Gasteiger partial charge in [0.05, 0.1) is 5.56 Å². The second-order valence-electron chi connectivity index (χ2n) is 4.66. The molecule has 2 aromatic rings. The summed E-state index contributed by atoms with van der Waals surface area (Å²) in [5.41, 5.74) is 1.90. The lowest BCUT2D eigenvalue weighted by molar-refractivity contribution is 0.174. The molecule has 6 heteroatoms. The third-order valence-corrected chi connectivity index (χ3v) is 3.19. The Labute approximate surface area is 123 Å². The molecular formula is C15H17N3O3. The fraction of sp³-hybridized carbons (Fsp3) is 0.333. The SMILES string of the molecule is CCNc1ncnc(OCc2ccc3c(c2)OCO3)c1C. The van der Waals surface area contributed by atoms with Gasteiger partial charge < -0.3 is 19.5 Å². The van der Waals surface area contributed by atoms with Gasteiger partial charge >= 0.3 is 0 Å². The van der Waals surface area contributed by atoms with Crippen LogP contribution in [0.15, 0.2) is 24.5 Å². The van der Waals surface area contributed by atoms with E-state index in [1.807, 2.05) is 32.0 Å². The molecule has 0 bridgehead atoms. The molecule has 3 rings (SSSR count). The molecule has 6 nitrogen and oxygen atoms in total. The molecule has 0 atom stereocenters. The number of nitrogens with one attached hydrogen (secondary N) is 1. The first-order valence-electron chi connectivity index (χ1n) is 6.84. The van der Waals surface area contributed by atoms with Gasteiger partial charge in [-0.2, -0.15) is 0 Å². The quantitative estimate of drug-likeness (QED) is 0.911. The number of ether oxygens (including phenoxy) is 3. The lowest BCUT2D eigenvalue weighted by atomic mass is 10.2. The van der Waals surface area contributed by atoms with Crippen molar-refractivity contribution in [2.45, 2.75) is 20.5 Å². The summed E-state index contributed by atoms with van der Waals surface area (Å²) in [5.74, 6) is 2.90. The Morgan fingerprint density at radius 1 is 1.24 bits per heavy atom. The second kappa shape index (κ2) is 5.87. The van der Waals surface area contributed by atoms with Crippen LogP contribution in [0, 0.1) is 6.92 Å². The van der Waals surface area contributed by atoms with E-state index in [-0.39, 0.29) is 6.79 Å². The van der Waals surface area contributed by atoms with Crippen molar-refractivity contribution in [2.75, 3.05) is 18.7 Å². The Balaban J connectivity index is 1.71. The Morgan fingerprint density at radius 2 is 2.10 bits per heavy atom. The molecule has 0 spiro atoms. The fourth-order valence-electron chi connectivity index (χ4n) is 2.11. The smallest absolute Gasteiger partial charge is 0.231 e. The van der Waals surface area contributed by atoms with Crippen LogP contribution < -0.4 is 19.5 Å². The molecule has 0 fully saturated rings. The first-order chi connectivity index (χ1) is 10.3. The molecule has 0 saturated carbocycles. The van der Waals surface area contributed by atoms with Gasteiger partial charge in [0.1, 0.15) is 18.8 Å². The van der Waals surface area contributed by atoms with Crippen LogP contribution in [0.2, 0.25) is 0 Å². The van der Waals surface area contributed by atoms with Crippen LogP contribution in [0.3, 0.4) is 0 Å². The molecule has 1 aromatic carbocycles. The van der Waals surface area contributed by atoms with Crippen molar-refractivity contribution in [1.82, 2.24) is 9.97 Å². The third kappa shape index (κ3) is 2.84. The van der Waals surface area contributed by atoms with Crippen molar-refractivity contribution in [3.8, 4) is 17.4 Å². The summed E-state index contributed by atoms with van der Waals surface area (Å²) < 4.78 is 16.4. The summed E-state index contributed by atoms with van der Waals surface area (Å²) >= 11 is 0. The van der Waals surface area contributed by atoms with Crippen molar-refractivity contribution in [1.29, 1.82) is 0 Å². The molecule has 1 aliphatic rings. The highest BCUT2D eigenvalue weighted by atomic mass is 16.7. The van der Waals surface area contributed by atoms with Gasteiger partial charge in [0.25, 0.3) is 0 Å². The van der Waals surface area contributed by atoms with Crippen LogP contribution in [-0.2, 0) is 6.61 Å². The zero-order valence-electron chi connectivity index (χ0n) is 12.0. The average molecular weight is 287 g/mol. The molecule has 1 N–H and O–H groups in total. The molecular weight excluding hydrogens is 270 g/mol. The molecule has 21 heavy (non-hydrogen) atoms. The van der Waals surface area contributed by atoms with E-state index in [1.54, 1.807) is 0 Å². The van der Waals surface area contributed by atoms with E-state index in [1.165, 1.54) is 6.33 Å². The van der Waals surface area contributed by atoms with E-state index in [9.17, 15) is 0 Å². The van der Waals surface area contributed by atoms with Crippen molar-refractivity contribution in [3.63, 3.8) is 0 Å². The van der Waals surface area contributed by atoms with Crippen LogP contribution in [0.25, 0.3) is 0 Å².